The standard InChI is InChI=1S/C31H50O5/c1-17(2)18(3)8-9-19(4)24-21(33)15-28(6)25-20(32)14-22-29(7,26(35)36)23(34)10-11-30(22)16-31(25,30)13-12-27(24,28)5/h17,19-25,32-34H,3,8-16H2,1-2,4-7H3,(H,35,36)/t19-,20+,21+,22+,23+,24+,25+,27-,28+,29+,30-,31+/m1/s1. The van der Waals surface area contributed by atoms with Crippen LogP contribution in [-0.4, -0.2) is 44.7 Å². The number of hydrogen-bond acceptors (Lipinski definition) is 4. The van der Waals surface area contributed by atoms with E-state index in [-0.39, 0.29) is 45.5 Å². The van der Waals surface area contributed by atoms with Crippen LogP contribution in [0.3, 0.4) is 0 Å². The molecule has 2 spiro atoms. The van der Waals surface area contributed by atoms with Gasteiger partial charge in [-0.05, 0) is 116 Å². The number of aliphatic carboxylic acids is 1. The molecule has 5 saturated carbocycles. The second-order valence-corrected chi connectivity index (χ2v) is 14.9. The molecule has 0 radical (unpaired) electrons. The Morgan fingerprint density at radius 1 is 0.972 bits per heavy atom. The van der Waals surface area contributed by atoms with Crippen molar-refractivity contribution in [1.29, 1.82) is 0 Å². The molecule has 5 aliphatic carbocycles. The van der Waals surface area contributed by atoms with Crippen molar-refractivity contribution in [2.24, 2.45) is 56.7 Å². The largest absolute Gasteiger partial charge is 0.481 e. The molecule has 0 aliphatic heterocycles. The smallest absolute Gasteiger partial charge is 0.312 e. The van der Waals surface area contributed by atoms with Gasteiger partial charge in [-0.25, -0.2) is 0 Å². The third-order valence-corrected chi connectivity index (χ3v) is 13.6. The molecule has 36 heavy (non-hydrogen) atoms. The van der Waals surface area contributed by atoms with Crippen LogP contribution in [-0.2, 0) is 4.79 Å². The third-order valence-electron chi connectivity index (χ3n) is 13.6. The van der Waals surface area contributed by atoms with E-state index in [1.54, 1.807) is 6.92 Å². The summed E-state index contributed by atoms with van der Waals surface area (Å²) in [4.78, 5) is 12.5. The highest BCUT2D eigenvalue weighted by Gasteiger charge is 2.85. The summed E-state index contributed by atoms with van der Waals surface area (Å²) in [6.45, 7) is 17.4. The minimum atomic E-state index is -1.21. The van der Waals surface area contributed by atoms with E-state index in [1.807, 2.05) is 0 Å². The van der Waals surface area contributed by atoms with Gasteiger partial charge < -0.3 is 20.4 Å². The molecule has 0 aromatic heterocycles. The lowest BCUT2D eigenvalue weighted by molar-refractivity contribution is -0.211. The van der Waals surface area contributed by atoms with E-state index < -0.39 is 23.6 Å². The highest BCUT2D eigenvalue weighted by Crippen LogP contribution is 2.89. The number of rotatable bonds is 6. The first kappa shape index (κ1) is 26.7. The average molecular weight is 503 g/mol. The molecule has 0 saturated heterocycles. The molecule has 0 amide bonds. The van der Waals surface area contributed by atoms with Gasteiger partial charge in [0.15, 0.2) is 0 Å². The lowest BCUT2D eigenvalue weighted by Gasteiger charge is -2.64. The molecule has 5 aliphatic rings. The highest BCUT2D eigenvalue weighted by atomic mass is 16.4. The molecule has 4 N–H and O–H groups in total. The van der Waals surface area contributed by atoms with Gasteiger partial charge in [-0.2, -0.15) is 0 Å². The first-order valence-electron chi connectivity index (χ1n) is 14.6. The van der Waals surface area contributed by atoms with E-state index in [1.165, 1.54) is 5.57 Å². The van der Waals surface area contributed by atoms with Crippen LogP contribution in [0.4, 0.5) is 0 Å². The summed E-state index contributed by atoms with van der Waals surface area (Å²) in [6, 6.07) is 0. The van der Waals surface area contributed by atoms with Crippen molar-refractivity contribution in [3.63, 3.8) is 0 Å². The first-order valence-corrected chi connectivity index (χ1v) is 14.6. The predicted molar refractivity (Wildman–Crippen MR) is 140 cm³/mol. The second-order valence-electron chi connectivity index (χ2n) is 14.9. The molecular weight excluding hydrogens is 452 g/mol. The summed E-state index contributed by atoms with van der Waals surface area (Å²) < 4.78 is 0. The van der Waals surface area contributed by atoms with Gasteiger partial charge >= 0.3 is 5.97 Å². The summed E-state index contributed by atoms with van der Waals surface area (Å²) in [7, 11) is 0. The number of hydrogen-bond donors (Lipinski definition) is 4. The Labute approximate surface area is 217 Å². The van der Waals surface area contributed by atoms with Gasteiger partial charge in [-0.15, -0.1) is 0 Å². The van der Waals surface area contributed by atoms with Crippen LogP contribution in [0.5, 0.6) is 0 Å². The van der Waals surface area contributed by atoms with Crippen molar-refractivity contribution in [2.75, 3.05) is 0 Å². The fourth-order valence-electron chi connectivity index (χ4n) is 11.4. The Kier molecular flexibility index (Phi) is 5.97. The minimum Gasteiger partial charge on any atom is -0.481 e. The van der Waals surface area contributed by atoms with Gasteiger partial charge in [0.05, 0.1) is 23.7 Å². The van der Waals surface area contributed by atoms with Gasteiger partial charge in [-0.3, -0.25) is 4.79 Å². The van der Waals surface area contributed by atoms with Crippen molar-refractivity contribution >= 4 is 5.97 Å². The zero-order chi connectivity index (χ0) is 26.6. The second kappa shape index (κ2) is 8.05. The Morgan fingerprint density at radius 2 is 1.64 bits per heavy atom. The summed E-state index contributed by atoms with van der Waals surface area (Å²) >= 11 is 0. The zero-order valence-corrected chi connectivity index (χ0v) is 23.4. The van der Waals surface area contributed by atoms with Crippen molar-refractivity contribution in [3.05, 3.63) is 12.2 Å². The number of allylic oxidation sites excluding steroid dienone is 1. The Bertz CT molecular complexity index is 945. The first-order chi connectivity index (χ1) is 16.6. The van der Waals surface area contributed by atoms with E-state index in [9.17, 15) is 25.2 Å². The number of carboxylic acid groups (broad SMARTS) is 1. The molecular formula is C31H50O5. The maximum Gasteiger partial charge on any atom is 0.312 e. The van der Waals surface area contributed by atoms with Gasteiger partial charge in [0.1, 0.15) is 0 Å². The van der Waals surface area contributed by atoms with Crippen molar-refractivity contribution < 1.29 is 25.2 Å². The highest BCUT2D eigenvalue weighted by molar-refractivity contribution is 5.76. The molecule has 12 atom stereocenters. The number of aliphatic hydroxyl groups is 3. The monoisotopic (exact) mass is 502 g/mol. The Hall–Kier alpha value is -0.910. The van der Waals surface area contributed by atoms with E-state index in [0.29, 0.717) is 31.1 Å². The summed E-state index contributed by atoms with van der Waals surface area (Å²) in [5, 5.41) is 44.5. The third kappa shape index (κ3) is 3.03. The Balaban J connectivity index is 1.47. The fourth-order valence-corrected chi connectivity index (χ4v) is 11.4. The molecule has 0 aromatic rings. The molecule has 5 nitrogen and oxygen atoms in total. The molecule has 0 aromatic carbocycles. The Morgan fingerprint density at radius 3 is 2.25 bits per heavy atom. The predicted octanol–water partition coefficient (Wildman–Crippen LogP) is 5.42. The molecule has 5 fully saturated rings. The minimum absolute atomic E-state index is 0.0653. The van der Waals surface area contributed by atoms with Crippen LogP contribution in [0, 0.1) is 56.7 Å². The SMILES string of the molecule is C=C(CC[C@@H](C)[C@H]1[C@@H](O)C[C@@]2(C)[C@@H]3[C@@H](O)C[C@H]4[C@](C)(C(=O)O)[C@@H](O)CC[C@@]45C[C@@]35CC[C@]12C)C(C)C. The molecule has 204 valence electrons. The number of carboxylic acids is 1. The summed E-state index contributed by atoms with van der Waals surface area (Å²) in [5.74, 6) is -0.0101. The van der Waals surface area contributed by atoms with E-state index in [4.69, 9.17) is 0 Å². The van der Waals surface area contributed by atoms with Crippen LogP contribution in [0.1, 0.15) is 99.3 Å². The molecule has 0 bridgehead atoms. The molecule has 5 rings (SSSR count). The van der Waals surface area contributed by atoms with E-state index in [2.05, 4.69) is 41.2 Å². The lowest BCUT2D eigenvalue weighted by atomic mass is 9.41. The van der Waals surface area contributed by atoms with Gasteiger partial charge in [0.2, 0.25) is 0 Å². The van der Waals surface area contributed by atoms with E-state index in [0.717, 1.165) is 38.5 Å². The zero-order valence-electron chi connectivity index (χ0n) is 23.4. The van der Waals surface area contributed by atoms with Crippen LogP contribution in [0.25, 0.3) is 0 Å². The lowest BCUT2D eigenvalue weighted by Crippen LogP contribution is -2.63. The molecule has 0 unspecified atom stereocenters. The molecule has 5 heteroatoms. The van der Waals surface area contributed by atoms with Crippen molar-refractivity contribution in [2.45, 2.75) is 118 Å². The summed E-state index contributed by atoms with van der Waals surface area (Å²) in [6.07, 6.45) is 5.72. The van der Waals surface area contributed by atoms with Gasteiger partial charge in [0, 0.05) is 0 Å². The van der Waals surface area contributed by atoms with Crippen LogP contribution < -0.4 is 0 Å². The number of aliphatic hydroxyl groups excluding tert-OH is 3. The maximum atomic E-state index is 12.5. The topological polar surface area (TPSA) is 98.0 Å². The number of carbonyl (C=O) groups is 1. The average Bonchev–Trinajstić information content (AvgIpc) is 3.38. The van der Waals surface area contributed by atoms with Crippen LogP contribution in [0.2, 0.25) is 0 Å². The molecule has 0 heterocycles. The normalized spacial score (nSPS) is 54.2. The van der Waals surface area contributed by atoms with Gasteiger partial charge in [-0.1, -0.05) is 46.8 Å². The van der Waals surface area contributed by atoms with Crippen LogP contribution in [0.15, 0.2) is 12.2 Å². The maximum absolute atomic E-state index is 12.5. The van der Waals surface area contributed by atoms with Gasteiger partial charge in [0.25, 0.3) is 0 Å². The quantitative estimate of drug-likeness (QED) is 0.364. The van der Waals surface area contributed by atoms with E-state index >= 15 is 0 Å². The summed E-state index contributed by atoms with van der Waals surface area (Å²) in [5.41, 5.74) is -0.355. The van der Waals surface area contributed by atoms with Crippen molar-refractivity contribution in [1.82, 2.24) is 0 Å². The number of fused-ring (bicyclic) bond motifs is 2. The van der Waals surface area contributed by atoms with Crippen molar-refractivity contribution in [3.8, 4) is 0 Å². The fraction of sp³-hybridized carbons (Fsp3) is 0.903. The van der Waals surface area contributed by atoms with Crippen LogP contribution >= 0.6 is 0 Å².